The zero-order valence-electron chi connectivity index (χ0n) is 17.7. The van der Waals surface area contributed by atoms with Crippen molar-refractivity contribution in [3.63, 3.8) is 0 Å². The van der Waals surface area contributed by atoms with E-state index in [4.69, 9.17) is 0 Å². The Morgan fingerprint density at radius 1 is 1.23 bits per heavy atom. The third-order valence-electron chi connectivity index (χ3n) is 5.80. The molecule has 0 saturated carbocycles. The van der Waals surface area contributed by atoms with Crippen LogP contribution in [0.5, 0.6) is 0 Å². The van der Waals surface area contributed by atoms with Gasteiger partial charge in [-0.3, -0.25) is 14.0 Å². The van der Waals surface area contributed by atoms with Gasteiger partial charge in [0, 0.05) is 43.2 Å². The topological polar surface area (TPSA) is 57.9 Å². The zero-order chi connectivity index (χ0) is 22.3. The molecule has 0 N–H and O–H groups in total. The molecule has 3 aromatic rings. The molecular formula is C22H24F2N4O2S. The molecule has 9 heteroatoms. The summed E-state index contributed by atoms with van der Waals surface area (Å²) >= 11 is 1.62. The Balaban J connectivity index is 1.38. The number of rotatable bonds is 4. The van der Waals surface area contributed by atoms with E-state index in [1.807, 2.05) is 24.4 Å². The molecule has 1 fully saturated rings. The third kappa shape index (κ3) is 4.19. The van der Waals surface area contributed by atoms with Crippen LogP contribution in [0.2, 0.25) is 0 Å². The lowest BCUT2D eigenvalue weighted by atomic mass is 9.94. The molecule has 31 heavy (non-hydrogen) atoms. The normalized spacial score (nSPS) is 14.9. The van der Waals surface area contributed by atoms with Crippen molar-refractivity contribution in [3.8, 4) is 0 Å². The van der Waals surface area contributed by atoms with Crippen molar-refractivity contribution in [1.29, 1.82) is 0 Å². The van der Waals surface area contributed by atoms with Gasteiger partial charge in [0.2, 0.25) is 5.91 Å². The van der Waals surface area contributed by atoms with Gasteiger partial charge in [-0.1, -0.05) is 0 Å². The molecule has 0 spiro atoms. The number of aryl methyl sites for hydroxylation is 2. The third-order valence-corrected chi connectivity index (χ3v) is 6.70. The van der Waals surface area contributed by atoms with Crippen molar-refractivity contribution in [2.45, 2.75) is 33.2 Å². The van der Waals surface area contributed by atoms with Gasteiger partial charge in [-0.15, -0.1) is 11.3 Å². The predicted octanol–water partition coefficient (Wildman–Crippen LogP) is 3.80. The van der Waals surface area contributed by atoms with Crippen LogP contribution in [0.25, 0.3) is 4.96 Å². The Kier molecular flexibility index (Phi) is 5.79. The van der Waals surface area contributed by atoms with Crippen LogP contribution >= 0.6 is 11.3 Å². The van der Waals surface area contributed by atoms with Crippen molar-refractivity contribution in [1.82, 2.24) is 19.2 Å². The van der Waals surface area contributed by atoms with Gasteiger partial charge in [0.05, 0.1) is 23.5 Å². The maximum Gasteiger partial charge on any atom is 0.256 e. The van der Waals surface area contributed by atoms with Gasteiger partial charge in [-0.25, -0.2) is 13.8 Å². The van der Waals surface area contributed by atoms with Crippen LogP contribution in [0.4, 0.5) is 8.78 Å². The lowest BCUT2D eigenvalue weighted by molar-refractivity contribution is -0.136. The van der Waals surface area contributed by atoms with Crippen LogP contribution in [-0.4, -0.2) is 51.1 Å². The highest BCUT2D eigenvalue weighted by Crippen LogP contribution is 2.25. The minimum absolute atomic E-state index is 0.0290. The number of carbonyl (C=O) groups is 2. The summed E-state index contributed by atoms with van der Waals surface area (Å²) < 4.78 is 29.1. The number of likely N-dealkylation sites (tertiary alicyclic amines) is 1. The van der Waals surface area contributed by atoms with Crippen LogP contribution in [0.1, 0.15) is 39.5 Å². The molecule has 2 aromatic heterocycles. The number of hydrogen-bond donors (Lipinski definition) is 0. The second-order valence-corrected chi connectivity index (χ2v) is 9.24. The molecule has 164 valence electrons. The lowest BCUT2D eigenvalue weighted by Gasteiger charge is -2.33. The summed E-state index contributed by atoms with van der Waals surface area (Å²) in [5.74, 6) is -2.22. The first kappa shape index (κ1) is 21.4. The fourth-order valence-electron chi connectivity index (χ4n) is 4.08. The monoisotopic (exact) mass is 446 g/mol. The predicted molar refractivity (Wildman–Crippen MR) is 114 cm³/mol. The van der Waals surface area contributed by atoms with Gasteiger partial charge in [0.25, 0.3) is 5.91 Å². The number of amides is 2. The molecule has 1 aromatic carbocycles. The maximum absolute atomic E-state index is 13.9. The van der Waals surface area contributed by atoms with Crippen LogP contribution in [0.15, 0.2) is 24.4 Å². The Bertz CT molecular complexity index is 1150. The number of thiazole rings is 1. The molecule has 4 rings (SSSR count). The van der Waals surface area contributed by atoms with Crippen LogP contribution in [0.3, 0.4) is 0 Å². The first-order valence-electron chi connectivity index (χ1n) is 10.2. The molecule has 0 bridgehead atoms. The van der Waals surface area contributed by atoms with E-state index < -0.39 is 17.5 Å². The standard InChI is InChI=1S/C22H24F2N4O2S/c1-13-11-28-19(14(2)25-22(28)31-13)12-26(3)20(29)15-6-8-27(9-7-15)21(30)17-5-4-16(23)10-18(17)24/h4-5,10-11,15H,6-9,12H2,1-3H3. The summed E-state index contributed by atoms with van der Waals surface area (Å²) in [5.41, 5.74) is 1.76. The average Bonchev–Trinajstić information content (AvgIpc) is 3.22. The molecular weight excluding hydrogens is 422 g/mol. The largest absolute Gasteiger partial charge is 0.340 e. The molecule has 0 unspecified atom stereocenters. The van der Waals surface area contributed by atoms with Crippen molar-refractivity contribution in [3.05, 3.63) is 57.9 Å². The van der Waals surface area contributed by atoms with E-state index in [1.54, 1.807) is 23.3 Å². The number of benzene rings is 1. The molecule has 0 atom stereocenters. The minimum atomic E-state index is -0.867. The van der Waals surface area contributed by atoms with Crippen molar-refractivity contribution >= 4 is 28.1 Å². The van der Waals surface area contributed by atoms with Gasteiger partial charge < -0.3 is 9.80 Å². The number of halogens is 2. The van der Waals surface area contributed by atoms with E-state index in [0.29, 0.717) is 38.5 Å². The maximum atomic E-state index is 13.9. The lowest BCUT2D eigenvalue weighted by Crippen LogP contribution is -2.43. The van der Waals surface area contributed by atoms with E-state index >= 15 is 0 Å². The number of aromatic nitrogens is 2. The molecule has 6 nitrogen and oxygen atoms in total. The molecule has 2 amide bonds. The van der Waals surface area contributed by atoms with Crippen molar-refractivity contribution < 1.29 is 18.4 Å². The van der Waals surface area contributed by atoms with E-state index in [2.05, 4.69) is 4.98 Å². The van der Waals surface area contributed by atoms with Gasteiger partial charge in [-0.05, 0) is 38.8 Å². The van der Waals surface area contributed by atoms with Gasteiger partial charge in [-0.2, -0.15) is 0 Å². The quantitative estimate of drug-likeness (QED) is 0.613. The minimum Gasteiger partial charge on any atom is -0.340 e. The summed E-state index contributed by atoms with van der Waals surface area (Å²) in [4.78, 5) is 35.5. The number of hydrogen-bond acceptors (Lipinski definition) is 4. The SMILES string of the molecule is Cc1cn2c(CN(C)C(=O)C3CCN(C(=O)c4ccc(F)cc4F)CC3)c(C)nc2s1. The van der Waals surface area contributed by atoms with E-state index in [-0.39, 0.29) is 17.4 Å². The molecule has 0 radical (unpaired) electrons. The van der Waals surface area contributed by atoms with E-state index in [0.717, 1.165) is 27.3 Å². The summed E-state index contributed by atoms with van der Waals surface area (Å²) in [6, 6.07) is 2.95. The van der Waals surface area contributed by atoms with Gasteiger partial charge in [0.1, 0.15) is 11.6 Å². The Labute approximate surface area is 183 Å². The van der Waals surface area contributed by atoms with Crippen molar-refractivity contribution in [2.24, 2.45) is 5.92 Å². The Hall–Kier alpha value is -2.81. The summed E-state index contributed by atoms with van der Waals surface area (Å²) in [7, 11) is 1.78. The highest BCUT2D eigenvalue weighted by Gasteiger charge is 2.31. The van der Waals surface area contributed by atoms with Crippen LogP contribution in [-0.2, 0) is 11.3 Å². The second-order valence-electron chi connectivity index (χ2n) is 8.02. The van der Waals surface area contributed by atoms with Crippen molar-refractivity contribution in [2.75, 3.05) is 20.1 Å². The van der Waals surface area contributed by atoms with Crippen LogP contribution in [0, 0.1) is 31.4 Å². The molecule has 0 aliphatic carbocycles. The van der Waals surface area contributed by atoms with Gasteiger partial charge >= 0.3 is 0 Å². The first-order valence-corrected chi connectivity index (χ1v) is 11.0. The highest BCUT2D eigenvalue weighted by molar-refractivity contribution is 7.17. The van der Waals surface area contributed by atoms with E-state index in [1.165, 1.54) is 11.0 Å². The number of carbonyl (C=O) groups excluding carboxylic acids is 2. The Morgan fingerprint density at radius 2 is 1.94 bits per heavy atom. The first-order chi connectivity index (χ1) is 14.7. The summed E-state index contributed by atoms with van der Waals surface area (Å²) in [6.45, 7) is 5.16. The average molecular weight is 447 g/mol. The van der Waals surface area contributed by atoms with Crippen LogP contribution < -0.4 is 0 Å². The number of imidazole rings is 1. The summed E-state index contributed by atoms with van der Waals surface area (Å²) in [6.07, 6.45) is 3.05. The van der Waals surface area contributed by atoms with E-state index in [9.17, 15) is 18.4 Å². The number of fused-ring (bicyclic) bond motifs is 1. The second kappa shape index (κ2) is 8.37. The summed E-state index contributed by atoms with van der Waals surface area (Å²) in [5, 5.41) is 0. The molecule has 1 saturated heterocycles. The molecule has 1 aliphatic heterocycles. The Morgan fingerprint density at radius 3 is 2.61 bits per heavy atom. The van der Waals surface area contributed by atoms with Gasteiger partial charge in [0.15, 0.2) is 4.96 Å². The fourth-order valence-corrected chi connectivity index (χ4v) is 4.97. The highest BCUT2D eigenvalue weighted by atomic mass is 32.1. The number of piperidine rings is 1. The smallest absolute Gasteiger partial charge is 0.256 e. The number of nitrogens with zero attached hydrogens (tertiary/aromatic N) is 4. The molecule has 3 heterocycles. The molecule has 1 aliphatic rings. The zero-order valence-corrected chi connectivity index (χ0v) is 18.5. The fraction of sp³-hybridized carbons (Fsp3) is 0.409.